The molecule has 3 heterocycles. The van der Waals surface area contributed by atoms with E-state index >= 15 is 0 Å². The maximum atomic E-state index is 13.9. The lowest BCUT2D eigenvalue weighted by Gasteiger charge is -2.35. The Hall–Kier alpha value is -3.16. The quantitative estimate of drug-likeness (QED) is 0.485. The van der Waals surface area contributed by atoms with E-state index in [-0.39, 0.29) is 25.1 Å². The second-order valence-corrected chi connectivity index (χ2v) is 9.18. The van der Waals surface area contributed by atoms with Gasteiger partial charge in [-0.25, -0.2) is 19.2 Å². The van der Waals surface area contributed by atoms with Crippen LogP contribution in [0.4, 0.5) is 4.39 Å². The molecular formula is C23H26BrFN6O5. The minimum Gasteiger partial charge on any atom is -0.481 e. The monoisotopic (exact) mass is 564 g/mol. The Balaban J connectivity index is 1.77. The molecule has 2 unspecified atom stereocenters. The van der Waals surface area contributed by atoms with Gasteiger partial charge in [-0.05, 0) is 31.5 Å². The third-order valence-corrected chi connectivity index (χ3v) is 6.38. The molecule has 0 aliphatic carbocycles. The lowest BCUT2D eigenvalue weighted by molar-refractivity contribution is -0.142. The Morgan fingerprint density at radius 1 is 1.39 bits per heavy atom. The molecule has 0 bridgehead atoms. The Morgan fingerprint density at radius 3 is 2.86 bits per heavy atom. The number of carboxylic acid groups (broad SMARTS) is 1. The summed E-state index contributed by atoms with van der Waals surface area (Å²) in [6, 6.07) is 3.35. The number of nitrogens with one attached hydrogen (secondary N) is 1. The summed E-state index contributed by atoms with van der Waals surface area (Å²) in [5.74, 6) is -1.08. The zero-order valence-electron chi connectivity index (χ0n) is 19.8. The van der Waals surface area contributed by atoms with Crippen LogP contribution in [0, 0.1) is 12.7 Å². The molecule has 2 aliphatic rings. The van der Waals surface area contributed by atoms with Crippen LogP contribution in [0.3, 0.4) is 0 Å². The smallest absolute Gasteiger partial charge is 0.338 e. The summed E-state index contributed by atoms with van der Waals surface area (Å²) in [7, 11) is 0. The molecule has 2 aromatic rings. The zero-order chi connectivity index (χ0) is 25.8. The van der Waals surface area contributed by atoms with E-state index in [1.165, 1.54) is 23.1 Å². The van der Waals surface area contributed by atoms with E-state index in [2.05, 4.69) is 31.3 Å². The van der Waals surface area contributed by atoms with E-state index in [4.69, 9.17) is 14.5 Å². The summed E-state index contributed by atoms with van der Waals surface area (Å²) in [6.07, 6.45) is 0.909. The first kappa shape index (κ1) is 25.9. The summed E-state index contributed by atoms with van der Waals surface area (Å²) in [5, 5.41) is 16.7. The number of carbonyl (C=O) groups excluding carboxylic acids is 1. The Bertz CT molecular complexity index is 1220. The van der Waals surface area contributed by atoms with Crippen LogP contribution in [0.5, 0.6) is 0 Å². The summed E-state index contributed by atoms with van der Waals surface area (Å²) >= 11 is 3.41. The van der Waals surface area contributed by atoms with Gasteiger partial charge in [0.1, 0.15) is 24.0 Å². The molecule has 11 nitrogen and oxygen atoms in total. The van der Waals surface area contributed by atoms with E-state index < -0.39 is 29.9 Å². The number of rotatable bonds is 7. The Kier molecular flexibility index (Phi) is 8.11. The Labute approximate surface area is 215 Å². The van der Waals surface area contributed by atoms with Gasteiger partial charge >= 0.3 is 11.9 Å². The summed E-state index contributed by atoms with van der Waals surface area (Å²) in [4.78, 5) is 35.3. The minimum absolute atomic E-state index is 0.121. The molecule has 0 spiro atoms. The van der Waals surface area contributed by atoms with Gasteiger partial charge in [-0.1, -0.05) is 22.0 Å². The molecule has 1 aromatic carbocycles. The lowest BCUT2D eigenvalue weighted by atomic mass is 9.95. The van der Waals surface area contributed by atoms with Gasteiger partial charge in [0.05, 0.1) is 31.3 Å². The first-order valence-corrected chi connectivity index (χ1v) is 12.2. The first-order valence-electron chi connectivity index (χ1n) is 11.4. The number of aliphatic carboxylic acids is 1. The minimum atomic E-state index is -0.943. The first-order chi connectivity index (χ1) is 17.2. The second kappa shape index (κ2) is 11.3. The molecule has 36 heavy (non-hydrogen) atoms. The van der Waals surface area contributed by atoms with Crippen molar-refractivity contribution < 1.29 is 28.6 Å². The maximum Gasteiger partial charge on any atom is 0.338 e. The number of nitrogens with zero attached hydrogens (tertiary/aromatic N) is 5. The molecule has 1 saturated heterocycles. The molecule has 0 radical (unpaired) electrons. The van der Waals surface area contributed by atoms with Gasteiger partial charge in [0.2, 0.25) is 5.96 Å². The maximum absolute atomic E-state index is 13.9. The van der Waals surface area contributed by atoms with Crippen molar-refractivity contribution in [3.05, 3.63) is 57.5 Å². The highest BCUT2D eigenvalue weighted by Crippen LogP contribution is 2.36. The molecule has 13 heteroatoms. The van der Waals surface area contributed by atoms with E-state index in [0.29, 0.717) is 47.2 Å². The van der Waals surface area contributed by atoms with Gasteiger partial charge in [0.15, 0.2) is 0 Å². The number of halogens is 2. The number of morpholine rings is 1. The number of aryl methyl sites for hydroxylation is 1. The van der Waals surface area contributed by atoms with Crippen LogP contribution in [-0.2, 0) is 19.1 Å². The number of aliphatic imine (C=N–C) groups is 1. The van der Waals surface area contributed by atoms with Crippen molar-refractivity contribution in [2.45, 2.75) is 32.4 Å². The molecule has 2 N–H and O–H groups in total. The summed E-state index contributed by atoms with van der Waals surface area (Å²) in [5.41, 5.74) is 1.35. The van der Waals surface area contributed by atoms with Crippen LogP contribution in [0.2, 0.25) is 0 Å². The average molecular weight is 565 g/mol. The van der Waals surface area contributed by atoms with Crippen LogP contribution in [-0.4, -0.2) is 81.6 Å². The number of carbonyl (C=O) groups is 2. The third-order valence-electron chi connectivity index (χ3n) is 5.70. The molecule has 1 aromatic heterocycles. The standard InChI is InChI=1S/C23H26BrFN6O5/c1-3-35-22(34)20-18(11-30-6-7-36-15(10-30)9-19(32)33)27-23(31-12-26-13(2)29-31)28-21(20)16-5-4-14(25)8-17(16)24/h4-5,8,12,15,21H,3,6-7,9-11H2,1-2H3,(H,27,28)(H,32,33). The van der Waals surface area contributed by atoms with E-state index in [9.17, 15) is 19.1 Å². The molecule has 0 amide bonds. The van der Waals surface area contributed by atoms with E-state index in [1.54, 1.807) is 19.9 Å². The average Bonchev–Trinajstić information content (AvgIpc) is 3.25. The number of esters is 1. The highest BCUT2D eigenvalue weighted by molar-refractivity contribution is 9.10. The zero-order valence-corrected chi connectivity index (χ0v) is 21.4. The van der Waals surface area contributed by atoms with Gasteiger partial charge in [-0.3, -0.25) is 9.69 Å². The van der Waals surface area contributed by atoms with Crippen LogP contribution >= 0.6 is 15.9 Å². The van der Waals surface area contributed by atoms with Gasteiger partial charge in [-0.15, -0.1) is 5.10 Å². The fourth-order valence-electron chi connectivity index (χ4n) is 4.13. The van der Waals surface area contributed by atoms with Crippen LogP contribution in [0.15, 0.2) is 45.3 Å². The van der Waals surface area contributed by atoms with Gasteiger partial charge in [0.25, 0.3) is 0 Å². The van der Waals surface area contributed by atoms with Crippen LogP contribution < -0.4 is 5.32 Å². The predicted molar refractivity (Wildman–Crippen MR) is 130 cm³/mol. The summed E-state index contributed by atoms with van der Waals surface area (Å²) in [6.45, 7) is 5.15. The Morgan fingerprint density at radius 2 is 2.19 bits per heavy atom. The van der Waals surface area contributed by atoms with Crippen molar-refractivity contribution in [2.24, 2.45) is 4.99 Å². The number of hydrogen-bond donors (Lipinski definition) is 2. The predicted octanol–water partition coefficient (Wildman–Crippen LogP) is 2.03. The molecule has 192 valence electrons. The van der Waals surface area contributed by atoms with Crippen molar-refractivity contribution in [1.82, 2.24) is 25.0 Å². The third kappa shape index (κ3) is 5.97. The molecule has 2 atom stereocenters. The summed E-state index contributed by atoms with van der Waals surface area (Å²) < 4.78 is 26.8. The van der Waals surface area contributed by atoms with Gasteiger partial charge in [-0.2, -0.15) is 4.68 Å². The molecule has 2 aliphatic heterocycles. The fourth-order valence-corrected chi connectivity index (χ4v) is 4.70. The SMILES string of the molecule is CCOC(=O)C1=C(CN2CCOC(CC(=O)O)C2)NC(n2cnc(C)n2)=NC1c1ccc(F)cc1Br. The van der Waals surface area contributed by atoms with Crippen molar-refractivity contribution in [3.8, 4) is 0 Å². The molecule has 4 rings (SSSR count). The fraction of sp³-hybridized carbons (Fsp3) is 0.435. The molecule has 0 saturated carbocycles. The number of ether oxygens (including phenoxy) is 2. The van der Waals surface area contributed by atoms with Gasteiger partial charge < -0.3 is 19.9 Å². The van der Waals surface area contributed by atoms with Crippen molar-refractivity contribution in [1.29, 1.82) is 0 Å². The number of hydrogen-bond acceptors (Lipinski definition) is 9. The van der Waals surface area contributed by atoms with Crippen molar-refractivity contribution in [3.63, 3.8) is 0 Å². The highest BCUT2D eigenvalue weighted by Gasteiger charge is 2.35. The van der Waals surface area contributed by atoms with Crippen LogP contribution in [0.1, 0.15) is 30.8 Å². The number of aromatic nitrogens is 3. The second-order valence-electron chi connectivity index (χ2n) is 8.32. The van der Waals surface area contributed by atoms with E-state index in [1.807, 2.05) is 4.90 Å². The topological polar surface area (TPSA) is 131 Å². The normalized spacial score (nSPS) is 20.6. The lowest BCUT2D eigenvalue weighted by Crippen LogP contribution is -2.47. The number of carboxylic acids is 1. The van der Waals surface area contributed by atoms with Crippen LogP contribution in [0.25, 0.3) is 0 Å². The molecule has 1 fully saturated rings. The van der Waals surface area contributed by atoms with Gasteiger partial charge in [0, 0.05) is 29.8 Å². The number of benzene rings is 1. The highest BCUT2D eigenvalue weighted by atomic mass is 79.9. The van der Waals surface area contributed by atoms with Crippen molar-refractivity contribution >= 4 is 33.8 Å². The van der Waals surface area contributed by atoms with E-state index in [0.717, 1.165) is 0 Å². The van der Waals surface area contributed by atoms with Crippen molar-refractivity contribution in [2.75, 3.05) is 32.8 Å². The molecular weight excluding hydrogens is 539 g/mol. The largest absolute Gasteiger partial charge is 0.481 e.